The van der Waals surface area contributed by atoms with Gasteiger partial charge in [0.05, 0.1) is 26.4 Å². The molecule has 5 atom stereocenters. The van der Waals surface area contributed by atoms with Crippen LogP contribution in [0.1, 0.15) is 381 Å². The Balaban J connectivity index is 5.17. The Morgan fingerprint density at radius 3 is 0.648 bits per heavy atom. The Morgan fingerprint density at radius 2 is 0.440 bits per heavy atom. The molecule has 0 aliphatic rings. The Bertz CT molecular complexity index is 1740. The second-order valence-corrected chi connectivity index (χ2v) is 28.9. The minimum absolute atomic E-state index is 0.106. The van der Waals surface area contributed by atoms with E-state index in [1.54, 1.807) is 0 Å². The van der Waals surface area contributed by atoms with E-state index in [0.717, 1.165) is 89.9 Å². The summed E-state index contributed by atoms with van der Waals surface area (Å²) in [6, 6.07) is 0. The molecule has 0 heterocycles. The Labute approximate surface area is 556 Å². The molecule has 3 N–H and O–H groups in total. The van der Waals surface area contributed by atoms with Crippen molar-refractivity contribution in [1.29, 1.82) is 0 Å². The van der Waals surface area contributed by atoms with Gasteiger partial charge < -0.3 is 33.8 Å². The Morgan fingerprint density at radius 1 is 0.264 bits per heavy atom. The average Bonchev–Trinajstić information content (AvgIpc) is 3.46. The van der Waals surface area contributed by atoms with Crippen LogP contribution in [0.5, 0.6) is 0 Å². The number of aliphatic hydroxyl groups is 1. The second kappa shape index (κ2) is 66.7. The number of esters is 4. The van der Waals surface area contributed by atoms with E-state index in [9.17, 15) is 43.2 Å². The molecule has 0 bridgehead atoms. The first-order valence-electron chi connectivity index (χ1n) is 37.8. The van der Waals surface area contributed by atoms with Gasteiger partial charge in [-0.05, 0) is 25.7 Å². The van der Waals surface area contributed by atoms with Crippen LogP contribution in [0, 0.1) is 0 Å². The van der Waals surface area contributed by atoms with E-state index in [2.05, 4.69) is 27.7 Å². The van der Waals surface area contributed by atoms with Gasteiger partial charge in [0.15, 0.2) is 12.2 Å². The summed E-state index contributed by atoms with van der Waals surface area (Å²) in [4.78, 5) is 72.5. The number of ether oxygens (including phenoxy) is 4. The van der Waals surface area contributed by atoms with Gasteiger partial charge in [-0.2, -0.15) is 0 Å². The third-order valence-electron chi connectivity index (χ3n) is 16.9. The lowest BCUT2D eigenvalue weighted by Gasteiger charge is -2.21. The van der Waals surface area contributed by atoms with Gasteiger partial charge in [0.2, 0.25) is 0 Å². The largest absolute Gasteiger partial charge is 0.472 e. The molecule has 0 aliphatic heterocycles. The number of carbonyl (C=O) groups excluding carboxylic acids is 4. The van der Waals surface area contributed by atoms with Crippen LogP contribution >= 0.6 is 15.6 Å². The van der Waals surface area contributed by atoms with Crippen molar-refractivity contribution in [3.8, 4) is 0 Å². The molecule has 0 saturated heterocycles. The van der Waals surface area contributed by atoms with E-state index < -0.39 is 97.5 Å². The normalized spacial score (nSPS) is 14.0. The van der Waals surface area contributed by atoms with Gasteiger partial charge in [0, 0.05) is 25.7 Å². The zero-order valence-corrected chi connectivity index (χ0v) is 60.6. The molecule has 0 fully saturated rings. The lowest BCUT2D eigenvalue weighted by molar-refractivity contribution is -0.161. The second-order valence-electron chi connectivity index (χ2n) is 26.0. The maximum Gasteiger partial charge on any atom is 0.472 e. The molecule has 2 unspecified atom stereocenters. The highest BCUT2D eigenvalue weighted by Crippen LogP contribution is 2.45. The molecule has 0 aliphatic carbocycles. The molecule has 0 aromatic heterocycles. The van der Waals surface area contributed by atoms with Crippen molar-refractivity contribution in [3.05, 3.63) is 0 Å². The first-order chi connectivity index (χ1) is 44.2. The number of hydrogen-bond donors (Lipinski definition) is 3. The molecule has 0 aromatic carbocycles. The van der Waals surface area contributed by atoms with Crippen molar-refractivity contribution >= 4 is 39.5 Å². The number of unbranched alkanes of at least 4 members (excludes halogenated alkanes) is 47. The fourth-order valence-electron chi connectivity index (χ4n) is 11.0. The van der Waals surface area contributed by atoms with Crippen LogP contribution in [0.15, 0.2) is 0 Å². The summed E-state index contributed by atoms with van der Waals surface area (Å²) in [5.74, 6) is -2.12. The summed E-state index contributed by atoms with van der Waals surface area (Å²) in [7, 11) is -9.89. The topological polar surface area (TPSA) is 237 Å². The number of phosphoric acid groups is 2. The first kappa shape index (κ1) is 89.1. The maximum atomic E-state index is 13.0. The standard InChI is InChI=1S/C72H140O17P2/c1-5-9-13-17-21-25-27-29-30-31-32-33-34-35-37-39-43-47-51-55-59-72(77)89-68(63-83-70(75)57-53-49-45-42-38-36-28-26-22-18-14-10-6-2)65-87-91(80,81)85-61-66(73)60-84-90(78,79)86-64-67(88-71(76)58-54-50-46-41-24-20-16-12-8-4)62-82-69(74)56-52-48-44-40-23-19-15-11-7-3/h66-68,73H,5-65H2,1-4H3,(H,78,79)(H,80,81)/t66-,67+,68+/m0/s1. The molecule has 0 rings (SSSR count). The van der Waals surface area contributed by atoms with Crippen molar-refractivity contribution in [3.63, 3.8) is 0 Å². The summed E-state index contributed by atoms with van der Waals surface area (Å²) >= 11 is 0. The van der Waals surface area contributed by atoms with Crippen LogP contribution in [0.2, 0.25) is 0 Å². The van der Waals surface area contributed by atoms with E-state index in [0.29, 0.717) is 25.7 Å². The van der Waals surface area contributed by atoms with E-state index in [-0.39, 0.29) is 25.7 Å². The van der Waals surface area contributed by atoms with Crippen LogP contribution in [0.25, 0.3) is 0 Å². The molecule has 0 amide bonds. The third kappa shape index (κ3) is 66.5. The van der Waals surface area contributed by atoms with Gasteiger partial charge in [-0.25, -0.2) is 9.13 Å². The van der Waals surface area contributed by atoms with E-state index >= 15 is 0 Å². The molecule has 0 aromatic rings. The van der Waals surface area contributed by atoms with Gasteiger partial charge in [0.25, 0.3) is 0 Å². The van der Waals surface area contributed by atoms with Gasteiger partial charge in [0.1, 0.15) is 19.3 Å². The van der Waals surface area contributed by atoms with Crippen molar-refractivity contribution in [1.82, 2.24) is 0 Å². The molecular weight excluding hydrogens is 1200 g/mol. The van der Waals surface area contributed by atoms with E-state index in [1.165, 1.54) is 212 Å². The maximum absolute atomic E-state index is 13.0. The van der Waals surface area contributed by atoms with E-state index in [1.807, 2.05) is 0 Å². The lowest BCUT2D eigenvalue weighted by Crippen LogP contribution is -2.30. The first-order valence-corrected chi connectivity index (χ1v) is 40.8. The molecule has 0 radical (unpaired) electrons. The SMILES string of the molecule is CCCCCCCCCCCCCCCCCCCCCCC(=O)O[C@H](COC(=O)CCCCCCCCCCCCCCC)COP(=O)(O)OC[C@@H](O)COP(=O)(O)OC[C@@H](COC(=O)CCCCCCCCCCC)OC(=O)CCCCCCCCCCC. The predicted octanol–water partition coefficient (Wildman–Crippen LogP) is 21.1. The third-order valence-corrected chi connectivity index (χ3v) is 18.8. The van der Waals surface area contributed by atoms with Gasteiger partial charge >= 0.3 is 39.5 Å². The zero-order chi connectivity index (χ0) is 66.8. The molecule has 0 saturated carbocycles. The molecule has 540 valence electrons. The highest BCUT2D eigenvalue weighted by atomic mass is 31.2. The predicted molar refractivity (Wildman–Crippen MR) is 368 cm³/mol. The molecule has 0 spiro atoms. The summed E-state index contributed by atoms with van der Waals surface area (Å²) < 4.78 is 68.3. The van der Waals surface area contributed by atoms with Crippen molar-refractivity contribution in [2.75, 3.05) is 39.6 Å². The number of phosphoric ester groups is 2. The number of aliphatic hydroxyl groups excluding tert-OH is 1. The molecule has 17 nitrogen and oxygen atoms in total. The number of carbonyl (C=O) groups is 4. The van der Waals surface area contributed by atoms with Crippen LogP contribution in [-0.4, -0.2) is 96.7 Å². The average molecular weight is 1340 g/mol. The number of rotatable bonds is 73. The fourth-order valence-corrected chi connectivity index (χ4v) is 12.6. The summed E-state index contributed by atoms with van der Waals surface area (Å²) in [5, 5.41) is 10.6. The summed E-state index contributed by atoms with van der Waals surface area (Å²) in [6.45, 7) is 4.93. The van der Waals surface area contributed by atoms with Crippen LogP contribution in [0.3, 0.4) is 0 Å². The van der Waals surface area contributed by atoms with Crippen LogP contribution in [0.4, 0.5) is 0 Å². The van der Waals surface area contributed by atoms with Gasteiger partial charge in [-0.15, -0.1) is 0 Å². The summed E-state index contributed by atoms with van der Waals surface area (Å²) in [5.41, 5.74) is 0. The van der Waals surface area contributed by atoms with Crippen molar-refractivity contribution in [2.45, 2.75) is 399 Å². The molecule has 19 heteroatoms. The van der Waals surface area contributed by atoms with E-state index in [4.69, 9.17) is 37.0 Å². The Kier molecular flexibility index (Phi) is 65.2. The Hall–Kier alpha value is -1.94. The highest BCUT2D eigenvalue weighted by molar-refractivity contribution is 7.47. The fraction of sp³-hybridized carbons (Fsp3) is 0.944. The smallest absolute Gasteiger partial charge is 0.462 e. The highest BCUT2D eigenvalue weighted by Gasteiger charge is 2.30. The number of hydrogen-bond acceptors (Lipinski definition) is 15. The lowest BCUT2D eigenvalue weighted by atomic mass is 10.0. The quantitative estimate of drug-likeness (QED) is 0.0222. The zero-order valence-electron chi connectivity index (χ0n) is 58.8. The van der Waals surface area contributed by atoms with Gasteiger partial charge in [-0.3, -0.25) is 37.3 Å². The molecule has 91 heavy (non-hydrogen) atoms. The van der Waals surface area contributed by atoms with Crippen LogP contribution in [-0.2, 0) is 65.4 Å². The van der Waals surface area contributed by atoms with Gasteiger partial charge in [-0.1, -0.05) is 329 Å². The monoisotopic (exact) mass is 1340 g/mol. The summed E-state index contributed by atoms with van der Waals surface area (Å²) in [6.07, 6.45) is 55.6. The van der Waals surface area contributed by atoms with Crippen molar-refractivity contribution < 1.29 is 80.2 Å². The minimum atomic E-state index is -4.95. The molecular formula is C72H140O17P2. The van der Waals surface area contributed by atoms with Crippen LogP contribution < -0.4 is 0 Å². The minimum Gasteiger partial charge on any atom is -0.462 e. The van der Waals surface area contributed by atoms with Crippen molar-refractivity contribution in [2.24, 2.45) is 0 Å².